The Bertz CT molecular complexity index is 540. The topological polar surface area (TPSA) is 95.8 Å². The first-order valence-electron chi connectivity index (χ1n) is 5.23. The van der Waals surface area contributed by atoms with Crippen LogP contribution in [0.4, 0.5) is 10.1 Å². The molecule has 0 atom stereocenters. The molecule has 18 heavy (non-hydrogen) atoms. The van der Waals surface area contributed by atoms with Gasteiger partial charge in [0, 0.05) is 18.3 Å². The number of H-pyrrole nitrogens is 1. The third kappa shape index (κ3) is 2.46. The maximum Gasteiger partial charge on any atom is 0.253 e. The lowest BCUT2D eigenvalue weighted by atomic mass is 10.1. The highest BCUT2D eigenvalue weighted by Crippen LogP contribution is 2.18. The largest absolute Gasteiger partial charge is 0.348 e. The van der Waals surface area contributed by atoms with E-state index in [0.29, 0.717) is 6.54 Å². The summed E-state index contributed by atoms with van der Waals surface area (Å²) >= 11 is 0. The number of halogens is 1. The van der Waals surface area contributed by atoms with Crippen LogP contribution in [-0.4, -0.2) is 16.1 Å². The van der Waals surface area contributed by atoms with Crippen molar-refractivity contribution in [3.63, 3.8) is 0 Å². The number of rotatable bonds is 4. The molecule has 0 aliphatic carbocycles. The number of aromatic nitrogens is 2. The van der Waals surface area contributed by atoms with Gasteiger partial charge in [0.2, 0.25) is 0 Å². The lowest BCUT2D eigenvalue weighted by Gasteiger charge is -2.09. The molecule has 0 aliphatic rings. The summed E-state index contributed by atoms with van der Waals surface area (Å²) in [5, 5.41) is 9.03. The van der Waals surface area contributed by atoms with E-state index in [1.807, 2.05) is 0 Å². The van der Waals surface area contributed by atoms with E-state index in [4.69, 9.17) is 5.84 Å². The third-order valence-electron chi connectivity index (χ3n) is 2.41. The van der Waals surface area contributed by atoms with Gasteiger partial charge in [0.1, 0.15) is 5.82 Å². The summed E-state index contributed by atoms with van der Waals surface area (Å²) in [4.78, 5) is 11.9. The molecule has 1 amide bonds. The summed E-state index contributed by atoms with van der Waals surface area (Å²) in [7, 11) is 0. The number of nitrogens with zero attached hydrogens (tertiary/aromatic N) is 1. The van der Waals surface area contributed by atoms with Gasteiger partial charge >= 0.3 is 0 Å². The van der Waals surface area contributed by atoms with Crippen molar-refractivity contribution in [3.05, 3.63) is 47.5 Å². The average Bonchev–Trinajstić information content (AvgIpc) is 2.88. The van der Waals surface area contributed by atoms with E-state index in [1.165, 1.54) is 18.2 Å². The molecule has 1 heterocycles. The second-order valence-corrected chi connectivity index (χ2v) is 3.60. The number of anilines is 1. The van der Waals surface area contributed by atoms with Gasteiger partial charge in [0.25, 0.3) is 5.91 Å². The number of carbonyl (C=O) groups excluding carboxylic acids is 1. The Morgan fingerprint density at radius 1 is 1.50 bits per heavy atom. The van der Waals surface area contributed by atoms with Crippen molar-refractivity contribution >= 4 is 11.6 Å². The second kappa shape index (κ2) is 5.28. The molecule has 0 fully saturated rings. The van der Waals surface area contributed by atoms with Gasteiger partial charge in [-0.25, -0.2) is 4.39 Å². The minimum Gasteiger partial charge on any atom is -0.348 e. The smallest absolute Gasteiger partial charge is 0.253 e. The molecule has 2 aromatic rings. The lowest BCUT2D eigenvalue weighted by Crippen LogP contribution is -2.25. The zero-order chi connectivity index (χ0) is 13.0. The molecular formula is C11H12FN5O. The highest BCUT2D eigenvalue weighted by Gasteiger charge is 2.13. The maximum atomic E-state index is 13.4. The van der Waals surface area contributed by atoms with Gasteiger partial charge in [0.15, 0.2) is 0 Å². The van der Waals surface area contributed by atoms with Gasteiger partial charge in [-0.15, -0.1) is 0 Å². The Labute approximate surface area is 102 Å². The molecule has 0 bridgehead atoms. The standard InChI is InChI=1S/C11H12FN5O/c12-9-3-1-2-8(10(9)17-13)11(18)14-4-7-5-15-16-6-7/h1-3,5-6,17H,4,13H2,(H,14,18)(H,15,16). The Balaban J connectivity index is 2.11. The van der Waals surface area contributed by atoms with E-state index in [1.54, 1.807) is 12.4 Å². The van der Waals surface area contributed by atoms with Gasteiger partial charge in [-0.1, -0.05) is 6.07 Å². The predicted octanol–water partition coefficient (Wildman–Crippen LogP) is 0.764. The number of benzene rings is 1. The molecule has 0 unspecified atom stereocenters. The number of nitrogens with one attached hydrogen (secondary N) is 3. The predicted molar refractivity (Wildman–Crippen MR) is 64.0 cm³/mol. The van der Waals surface area contributed by atoms with Crippen LogP contribution in [0.1, 0.15) is 15.9 Å². The normalized spacial score (nSPS) is 10.1. The summed E-state index contributed by atoms with van der Waals surface area (Å²) in [5.41, 5.74) is 3.13. The first kappa shape index (κ1) is 12.1. The van der Waals surface area contributed by atoms with E-state index in [-0.39, 0.29) is 11.3 Å². The molecule has 0 saturated carbocycles. The maximum absolute atomic E-state index is 13.4. The van der Waals surface area contributed by atoms with Crippen molar-refractivity contribution in [3.8, 4) is 0 Å². The number of hydrazine groups is 1. The molecule has 2 rings (SSSR count). The summed E-state index contributed by atoms with van der Waals surface area (Å²) in [6.07, 6.45) is 3.25. The zero-order valence-electron chi connectivity index (χ0n) is 9.40. The van der Waals surface area contributed by atoms with Crippen molar-refractivity contribution in [2.75, 3.05) is 5.43 Å². The van der Waals surface area contributed by atoms with Crippen LogP contribution in [0.2, 0.25) is 0 Å². The van der Waals surface area contributed by atoms with Crippen LogP contribution in [0.25, 0.3) is 0 Å². The Morgan fingerprint density at radius 3 is 3.00 bits per heavy atom. The monoisotopic (exact) mass is 249 g/mol. The number of nitrogen functional groups attached to an aromatic ring is 1. The zero-order valence-corrected chi connectivity index (χ0v) is 9.40. The summed E-state index contributed by atoms with van der Waals surface area (Å²) < 4.78 is 13.4. The first-order valence-corrected chi connectivity index (χ1v) is 5.23. The first-order chi connectivity index (χ1) is 8.72. The number of para-hydroxylation sites is 1. The van der Waals surface area contributed by atoms with Crippen molar-refractivity contribution in [1.29, 1.82) is 0 Å². The molecular weight excluding hydrogens is 237 g/mol. The molecule has 7 heteroatoms. The minimum atomic E-state index is -0.575. The molecule has 0 aliphatic heterocycles. The Hall–Kier alpha value is -2.41. The molecule has 0 radical (unpaired) electrons. The van der Waals surface area contributed by atoms with Crippen LogP contribution in [0, 0.1) is 5.82 Å². The molecule has 6 nitrogen and oxygen atoms in total. The van der Waals surface area contributed by atoms with Crippen LogP contribution in [-0.2, 0) is 6.54 Å². The van der Waals surface area contributed by atoms with Crippen LogP contribution in [0.5, 0.6) is 0 Å². The fraction of sp³-hybridized carbons (Fsp3) is 0.0909. The van der Waals surface area contributed by atoms with E-state index < -0.39 is 11.7 Å². The van der Waals surface area contributed by atoms with Crippen LogP contribution < -0.4 is 16.6 Å². The molecule has 5 N–H and O–H groups in total. The number of nitrogens with two attached hydrogens (primary N) is 1. The van der Waals surface area contributed by atoms with Crippen molar-refractivity contribution in [1.82, 2.24) is 15.5 Å². The van der Waals surface area contributed by atoms with Crippen LogP contribution >= 0.6 is 0 Å². The lowest BCUT2D eigenvalue weighted by molar-refractivity contribution is 0.0951. The molecule has 1 aromatic heterocycles. The summed E-state index contributed by atoms with van der Waals surface area (Å²) in [6.45, 7) is 0.301. The van der Waals surface area contributed by atoms with Gasteiger partial charge < -0.3 is 10.7 Å². The van der Waals surface area contributed by atoms with Gasteiger partial charge in [-0.3, -0.25) is 15.7 Å². The number of carbonyl (C=O) groups is 1. The number of aromatic amines is 1. The number of hydrogen-bond donors (Lipinski definition) is 4. The van der Waals surface area contributed by atoms with Crippen molar-refractivity contribution < 1.29 is 9.18 Å². The molecule has 1 aromatic carbocycles. The Morgan fingerprint density at radius 2 is 2.33 bits per heavy atom. The fourth-order valence-corrected chi connectivity index (χ4v) is 1.51. The van der Waals surface area contributed by atoms with Gasteiger partial charge in [0.05, 0.1) is 17.4 Å². The van der Waals surface area contributed by atoms with Crippen molar-refractivity contribution in [2.24, 2.45) is 5.84 Å². The van der Waals surface area contributed by atoms with Crippen LogP contribution in [0.15, 0.2) is 30.6 Å². The SMILES string of the molecule is NNc1c(F)cccc1C(=O)NCc1cn[nH]c1. The summed E-state index contributed by atoms with van der Waals surface area (Å²) in [5.74, 6) is 4.21. The van der Waals surface area contributed by atoms with E-state index in [0.717, 1.165) is 5.56 Å². The summed E-state index contributed by atoms with van der Waals surface area (Å²) in [6, 6.07) is 4.16. The van der Waals surface area contributed by atoms with Gasteiger partial charge in [-0.05, 0) is 12.1 Å². The molecule has 0 saturated heterocycles. The minimum absolute atomic E-state index is 0.0257. The van der Waals surface area contributed by atoms with Crippen LogP contribution in [0.3, 0.4) is 0 Å². The van der Waals surface area contributed by atoms with Gasteiger partial charge in [-0.2, -0.15) is 5.10 Å². The number of amides is 1. The van der Waals surface area contributed by atoms with Crippen molar-refractivity contribution in [2.45, 2.75) is 6.54 Å². The van der Waals surface area contributed by atoms with E-state index >= 15 is 0 Å². The Kier molecular flexibility index (Phi) is 3.54. The second-order valence-electron chi connectivity index (χ2n) is 3.60. The highest BCUT2D eigenvalue weighted by molar-refractivity contribution is 5.99. The highest BCUT2D eigenvalue weighted by atomic mass is 19.1. The third-order valence-corrected chi connectivity index (χ3v) is 2.41. The average molecular weight is 249 g/mol. The van der Waals surface area contributed by atoms with E-state index in [2.05, 4.69) is 20.9 Å². The van der Waals surface area contributed by atoms with E-state index in [9.17, 15) is 9.18 Å². The quantitative estimate of drug-likeness (QED) is 0.475. The number of hydrogen-bond acceptors (Lipinski definition) is 4. The fourth-order valence-electron chi connectivity index (χ4n) is 1.51. The molecule has 94 valence electrons. The molecule has 0 spiro atoms.